The van der Waals surface area contributed by atoms with Crippen molar-refractivity contribution in [2.24, 2.45) is 11.3 Å². The molecule has 0 aromatic heterocycles. The van der Waals surface area contributed by atoms with Crippen LogP contribution in [0.25, 0.3) is 0 Å². The van der Waals surface area contributed by atoms with E-state index >= 15 is 0 Å². The lowest BCUT2D eigenvalue weighted by molar-refractivity contribution is -0.118. The van der Waals surface area contributed by atoms with Gasteiger partial charge in [-0.25, -0.2) is 0 Å². The summed E-state index contributed by atoms with van der Waals surface area (Å²) in [6.07, 6.45) is 0. The van der Waals surface area contributed by atoms with E-state index in [0.29, 0.717) is 11.7 Å². The number of hydrogen-bond donors (Lipinski definition) is 0. The highest BCUT2D eigenvalue weighted by Crippen LogP contribution is 2.64. The number of carbonyl (C=O) groups is 1. The second-order valence-electron chi connectivity index (χ2n) is 4.80. The van der Waals surface area contributed by atoms with E-state index < -0.39 is 0 Å². The monoisotopic (exact) mass is 188 g/mol. The molecular formula is C13H16O. The summed E-state index contributed by atoms with van der Waals surface area (Å²) in [7, 11) is 0. The normalized spacial score (nSPS) is 28.5. The molecule has 0 N–H and O–H groups in total. The number of Topliss-reactive ketones (excluding diaryl/α,β-unsaturated/α-hetero) is 1. The zero-order chi connectivity index (χ0) is 10.3. The van der Waals surface area contributed by atoms with Gasteiger partial charge in [-0.05, 0) is 23.8 Å². The number of rotatable bonds is 2. The Hall–Kier alpha value is -1.11. The van der Waals surface area contributed by atoms with Crippen LogP contribution in [0.15, 0.2) is 30.3 Å². The Labute approximate surface area is 85.1 Å². The van der Waals surface area contributed by atoms with Gasteiger partial charge in [0.2, 0.25) is 0 Å². The third-order valence-corrected chi connectivity index (χ3v) is 3.42. The van der Waals surface area contributed by atoms with Crippen molar-refractivity contribution in [3.8, 4) is 0 Å². The fourth-order valence-electron chi connectivity index (χ4n) is 2.68. The van der Waals surface area contributed by atoms with Crippen molar-refractivity contribution in [1.29, 1.82) is 0 Å². The number of ketones is 1. The Morgan fingerprint density at radius 2 is 1.79 bits per heavy atom. The van der Waals surface area contributed by atoms with Gasteiger partial charge in [-0.2, -0.15) is 0 Å². The molecule has 0 heterocycles. The Kier molecular flexibility index (Phi) is 1.99. The molecule has 1 nitrogen and oxygen atoms in total. The zero-order valence-corrected chi connectivity index (χ0v) is 8.95. The lowest BCUT2D eigenvalue weighted by atomic mass is 10.0. The summed E-state index contributed by atoms with van der Waals surface area (Å²) in [6, 6.07) is 10.3. The minimum absolute atomic E-state index is 0.160. The van der Waals surface area contributed by atoms with Crippen molar-refractivity contribution in [3.05, 3.63) is 35.9 Å². The summed E-state index contributed by atoms with van der Waals surface area (Å²) in [5.74, 6) is 0.981. The van der Waals surface area contributed by atoms with Crippen molar-refractivity contribution < 1.29 is 4.79 Å². The van der Waals surface area contributed by atoms with Crippen LogP contribution in [0.5, 0.6) is 0 Å². The van der Waals surface area contributed by atoms with E-state index in [4.69, 9.17) is 0 Å². The first-order valence-corrected chi connectivity index (χ1v) is 5.10. The van der Waals surface area contributed by atoms with Gasteiger partial charge in [0, 0.05) is 5.92 Å². The van der Waals surface area contributed by atoms with Gasteiger partial charge >= 0.3 is 0 Å². The summed E-state index contributed by atoms with van der Waals surface area (Å²) in [5.41, 5.74) is 1.46. The molecule has 1 aromatic rings. The van der Waals surface area contributed by atoms with E-state index in [1.54, 1.807) is 6.92 Å². The van der Waals surface area contributed by atoms with Crippen LogP contribution in [0.4, 0.5) is 0 Å². The lowest BCUT2D eigenvalue weighted by Crippen LogP contribution is -1.99. The van der Waals surface area contributed by atoms with Crippen molar-refractivity contribution >= 4 is 5.78 Å². The fourth-order valence-corrected chi connectivity index (χ4v) is 2.68. The van der Waals surface area contributed by atoms with Gasteiger partial charge in [0.25, 0.3) is 0 Å². The first-order valence-electron chi connectivity index (χ1n) is 5.10. The summed E-state index contributed by atoms with van der Waals surface area (Å²) < 4.78 is 0. The highest BCUT2D eigenvalue weighted by atomic mass is 16.1. The fraction of sp³-hybridized carbons (Fsp3) is 0.462. The molecule has 2 rings (SSSR count). The highest BCUT2D eigenvalue weighted by Gasteiger charge is 2.60. The van der Waals surface area contributed by atoms with Crippen LogP contribution in [0.1, 0.15) is 32.3 Å². The quantitative estimate of drug-likeness (QED) is 0.697. The molecule has 1 heteroatoms. The molecule has 74 valence electrons. The predicted octanol–water partition coefficient (Wildman–Crippen LogP) is 3.02. The van der Waals surface area contributed by atoms with Gasteiger partial charge in [-0.1, -0.05) is 44.2 Å². The number of benzene rings is 1. The molecule has 2 atom stereocenters. The molecule has 0 radical (unpaired) electrons. The maximum absolute atomic E-state index is 11.4. The topological polar surface area (TPSA) is 17.1 Å². The van der Waals surface area contributed by atoms with E-state index in [1.807, 2.05) is 18.2 Å². The number of carbonyl (C=O) groups excluding carboxylic acids is 1. The predicted molar refractivity (Wildman–Crippen MR) is 57.1 cm³/mol. The van der Waals surface area contributed by atoms with Gasteiger partial charge in [-0.15, -0.1) is 0 Å². The second-order valence-corrected chi connectivity index (χ2v) is 4.80. The van der Waals surface area contributed by atoms with Crippen LogP contribution >= 0.6 is 0 Å². The summed E-state index contributed by atoms with van der Waals surface area (Å²) >= 11 is 0. The third-order valence-electron chi connectivity index (χ3n) is 3.42. The van der Waals surface area contributed by atoms with Crippen LogP contribution in [-0.2, 0) is 4.79 Å². The largest absolute Gasteiger partial charge is 0.300 e. The molecule has 14 heavy (non-hydrogen) atoms. The Morgan fingerprint density at radius 3 is 2.21 bits per heavy atom. The zero-order valence-electron chi connectivity index (χ0n) is 8.95. The molecule has 0 aliphatic heterocycles. The molecule has 1 aromatic carbocycles. The van der Waals surface area contributed by atoms with Crippen LogP contribution in [0, 0.1) is 11.3 Å². The third kappa shape index (κ3) is 1.28. The maximum atomic E-state index is 11.4. The molecular weight excluding hydrogens is 172 g/mol. The summed E-state index contributed by atoms with van der Waals surface area (Å²) in [5, 5.41) is 0. The first kappa shape index (κ1) is 9.45. The average molecular weight is 188 g/mol. The van der Waals surface area contributed by atoms with E-state index in [9.17, 15) is 4.79 Å². The smallest absolute Gasteiger partial charge is 0.134 e. The molecule has 0 amide bonds. The molecule has 0 bridgehead atoms. The first-order chi connectivity index (χ1) is 6.55. The summed E-state index contributed by atoms with van der Waals surface area (Å²) in [6.45, 7) is 6.06. The van der Waals surface area contributed by atoms with Gasteiger partial charge < -0.3 is 0 Å². The number of hydrogen-bond acceptors (Lipinski definition) is 1. The molecule has 1 aliphatic carbocycles. The second kappa shape index (κ2) is 2.94. The summed E-state index contributed by atoms with van der Waals surface area (Å²) in [4.78, 5) is 11.4. The van der Waals surface area contributed by atoms with E-state index in [2.05, 4.69) is 26.0 Å². The van der Waals surface area contributed by atoms with Crippen molar-refractivity contribution in [2.45, 2.75) is 26.7 Å². The molecule has 1 aliphatic rings. The Morgan fingerprint density at radius 1 is 1.21 bits per heavy atom. The molecule has 0 saturated heterocycles. The van der Waals surface area contributed by atoms with Gasteiger partial charge in [0.15, 0.2) is 0 Å². The molecule has 0 spiro atoms. The standard InChI is InChI=1S/C13H16O/c1-9(14)11-12(13(11,2)3)10-7-5-4-6-8-10/h4-8,11-12H,1-3H3. The average Bonchev–Trinajstić information content (AvgIpc) is 2.71. The van der Waals surface area contributed by atoms with Crippen LogP contribution < -0.4 is 0 Å². The van der Waals surface area contributed by atoms with Gasteiger partial charge in [-0.3, -0.25) is 4.79 Å². The van der Waals surface area contributed by atoms with Crippen molar-refractivity contribution in [3.63, 3.8) is 0 Å². The molecule has 2 unspecified atom stereocenters. The maximum Gasteiger partial charge on any atom is 0.134 e. The minimum Gasteiger partial charge on any atom is -0.300 e. The lowest BCUT2D eigenvalue weighted by Gasteiger charge is -2.01. The minimum atomic E-state index is 0.160. The van der Waals surface area contributed by atoms with Crippen LogP contribution in [-0.4, -0.2) is 5.78 Å². The van der Waals surface area contributed by atoms with E-state index in [-0.39, 0.29) is 11.3 Å². The Balaban J connectivity index is 2.28. The Bertz CT molecular complexity index is 351. The van der Waals surface area contributed by atoms with E-state index in [0.717, 1.165) is 0 Å². The van der Waals surface area contributed by atoms with Crippen LogP contribution in [0.2, 0.25) is 0 Å². The van der Waals surface area contributed by atoms with Gasteiger partial charge in [0.05, 0.1) is 0 Å². The van der Waals surface area contributed by atoms with Gasteiger partial charge in [0.1, 0.15) is 5.78 Å². The molecule has 1 saturated carbocycles. The SMILES string of the molecule is CC(=O)C1C(c2ccccc2)C1(C)C. The molecule has 1 fully saturated rings. The van der Waals surface area contributed by atoms with E-state index in [1.165, 1.54) is 5.56 Å². The van der Waals surface area contributed by atoms with Crippen molar-refractivity contribution in [2.75, 3.05) is 0 Å². The van der Waals surface area contributed by atoms with Crippen molar-refractivity contribution in [1.82, 2.24) is 0 Å². The highest BCUT2D eigenvalue weighted by molar-refractivity contribution is 5.84. The van der Waals surface area contributed by atoms with Crippen LogP contribution in [0.3, 0.4) is 0 Å².